The largest absolute Gasteiger partial charge is 0.326 e. The maximum Gasteiger partial charge on any atom is 0.244 e. The van der Waals surface area contributed by atoms with Crippen LogP contribution in [0.5, 0.6) is 0 Å². The quantitative estimate of drug-likeness (QED) is 0.881. The first-order valence-corrected chi connectivity index (χ1v) is 9.09. The van der Waals surface area contributed by atoms with Crippen LogP contribution in [-0.4, -0.2) is 41.5 Å². The van der Waals surface area contributed by atoms with Crippen molar-refractivity contribution in [3.63, 3.8) is 0 Å². The zero-order valence-corrected chi connectivity index (χ0v) is 12.6. The van der Waals surface area contributed by atoms with Crippen LogP contribution in [0.3, 0.4) is 0 Å². The highest BCUT2D eigenvalue weighted by Gasteiger charge is 2.29. The van der Waals surface area contributed by atoms with E-state index in [0.717, 1.165) is 0 Å². The molecule has 1 aliphatic rings. The van der Waals surface area contributed by atoms with Crippen LogP contribution in [0.2, 0.25) is 5.02 Å². The Bertz CT molecular complexity index is 594. The van der Waals surface area contributed by atoms with Crippen LogP contribution in [0.15, 0.2) is 23.1 Å². The molecule has 1 heterocycles. The van der Waals surface area contributed by atoms with Gasteiger partial charge in [-0.15, -0.1) is 0 Å². The molecule has 5 nitrogen and oxygen atoms in total. The van der Waals surface area contributed by atoms with Gasteiger partial charge >= 0.3 is 0 Å². The molecule has 0 amide bonds. The van der Waals surface area contributed by atoms with Crippen molar-refractivity contribution < 1.29 is 12.6 Å². The fourth-order valence-corrected chi connectivity index (χ4v) is 5.12. The van der Waals surface area contributed by atoms with Gasteiger partial charge in [-0.25, -0.2) is 8.42 Å². The fourth-order valence-electron chi connectivity index (χ4n) is 1.87. The Hall–Kier alpha value is -0.470. The molecule has 8 heteroatoms. The molecule has 19 heavy (non-hydrogen) atoms. The number of benzene rings is 1. The van der Waals surface area contributed by atoms with Gasteiger partial charge in [-0.1, -0.05) is 17.7 Å². The maximum atomic E-state index is 12.5. The average Bonchev–Trinajstić information content (AvgIpc) is 2.39. The van der Waals surface area contributed by atoms with Crippen molar-refractivity contribution in [3.8, 4) is 0 Å². The van der Waals surface area contributed by atoms with Crippen molar-refractivity contribution in [2.75, 3.05) is 24.6 Å². The summed E-state index contributed by atoms with van der Waals surface area (Å²) in [6.07, 6.45) is 0. The summed E-state index contributed by atoms with van der Waals surface area (Å²) in [4.78, 5) is 0.0739. The first-order chi connectivity index (χ1) is 8.95. The highest BCUT2D eigenvalue weighted by atomic mass is 35.5. The predicted octanol–water partition coefficient (Wildman–Crippen LogP) is 0.552. The van der Waals surface area contributed by atoms with Gasteiger partial charge in [-0.2, -0.15) is 4.31 Å². The molecular weight excluding hydrogens is 308 g/mol. The summed E-state index contributed by atoms with van der Waals surface area (Å²) in [5.74, 6) is 0.737. The number of nitrogens with two attached hydrogens (primary N) is 1. The molecule has 0 aliphatic carbocycles. The van der Waals surface area contributed by atoms with E-state index in [-0.39, 0.29) is 29.6 Å². The Morgan fingerprint density at radius 2 is 1.95 bits per heavy atom. The zero-order chi connectivity index (χ0) is 14.0. The number of halogens is 1. The summed E-state index contributed by atoms with van der Waals surface area (Å²) in [7, 11) is -4.56. The molecule has 106 valence electrons. The highest BCUT2D eigenvalue weighted by Crippen LogP contribution is 2.26. The van der Waals surface area contributed by atoms with Crippen LogP contribution < -0.4 is 5.73 Å². The van der Waals surface area contributed by atoms with E-state index in [2.05, 4.69) is 0 Å². The second-order valence-electron chi connectivity index (χ2n) is 4.22. The van der Waals surface area contributed by atoms with E-state index in [1.165, 1.54) is 10.4 Å². The third kappa shape index (κ3) is 3.17. The number of rotatable bonds is 3. The summed E-state index contributed by atoms with van der Waals surface area (Å²) in [5, 5.41) is 0.184. The van der Waals surface area contributed by atoms with E-state index in [1.54, 1.807) is 12.1 Å². The van der Waals surface area contributed by atoms with Crippen LogP contribution in [0.25, 0.3) is 0 Å². The molecule has 0 spiro atoms. The van der Waals surface area contributed by atoms with Crippen molar-refractivity contribution in [1.82, 2.24) is 4.31 Å². The lowest BCUT2D eigenvalue weighted by molar-refractivity contribution is 0.438. The van der Waals surface area contributed by atoms with Gasteiger partial charge in [0.15, 0.2) is 0 Å². The number of hydrogen-bond donors (Lipinski definition) is 1. The number of hydrogen-bond acceptors (Lipinski definition) is 4. The van der Waals surface area contributed by atoms with E-state index < -0.39 is 20.8 Å². The second kappa shape index (κ2) is 5.88. The Morgan fingerprint density at radius 1 is 1.32 bits per heavy atom. The zero-order valence-electron chi connectivity index (χ0n) is 10.2. The average molecular weight is 323 g/mol. The lowest BCUT2D eigenvalue weighted by atomic mass is 10.2. The predicted molar refractivity (Wildman–Crippen MR) is 76.0 cm³/mol. The molecule has 1 aromatic rings. The van der Waals surface area contributed by atoms with Gasteiger partial charge < -0.3 is 5.73 Å². The smallest absolute Gasteiger partial charge is 0.244 e. The summed E-state index contributed by atoms with van der Waals surface area (Å²) < 4.78 is 37.6. The van der Waals surface area contributed by atoms with Crippen molar-refractivity contribution in [2.24, 2.45) is 5.73 Å². The first-order valence-electron chi connectivity index (χ1n) is 5.79. The molecule has 0 radical (unpaired) electrons. The lowest BCUT2D eigenvalue weighted by Crippen LogP contribution is -2.41. The maximum absolute atomic E-state index is 12.5. The minimum atomic E-state index is -3.64. The van der Waals surface area contributed by atoms with Gasteiger partial charge in [0.2, 0.25) is 10.0 Å². The van der Waals surface area contributed by atoms with Gasteiger partial charge in [0, 0.05) is 41.9 Å². The molecule has 1 aromatic carbocycles. The summed E-state index contributed by atoms with van der Waals surface area (Å²) in [6, 6.07) is 4.74. The third-order valence-electron chi connectivity index (χ3n) is 2.99. The molecule has 0 atom stereocenters. The van der Waals surface area contributed by atoms with E-state index in [1.807, 2.05) is 0 Å². The second-order valence-corrected chi connectivity index (χ2v) is 8.23. The summed E-state index contributed by atoms with van der Waals surface area (Å²) >= 11 is 5.98. The molecule has 0 bridgehead atoms. The monoisotopic (exact) mass is 322 g/mol. The molecule has 1 aliphatic heterocycles. The van der Waals surface area contributed by atoms with Gasteiger partial charge in [0.05, 0.1) is 5.02 Å². The SMILES string of the molecule is NCc1ccc(Cl)c(S(=O)(=O)N2CCS(=O)CC2)c1. The van der Waals surface area contributed by atoms with E-state index in [0.29, 0.717) is 17.1 Å². The number of nitrogens with zero attached hydrogens (tertiary/aromatic N) is 1. The normalized spacial score (nSPS) is 18.6. The topological polar surface area (TPSA) is 80.5 Å². The molecule has 1 fully saturated rings. The van der Waals surface area contributed by atoms with Crippen LogP contribution in [0.1, 0.15) is 5.56 Å². The van der Waals surface area contributed by atoms with E-state index in [9.17, 15) is 12.6 Å². The van der Waals surface area contributed by atoms with Crippen LogP contribution in [-0.2, 0) is 27.4 Å². The molecule has 2 N–H and O–H groups in total. The molecule has 2 rings (SSSR count). The Kier molecular flexibility index (Phi) is 4.62. The minimum absolute atomic E-state index is 0.0739. The van der Waals surface area contributed by atoms with Crippen molar-refractivity contribution in [3.05, 3.63) is 28.8 Å². The Labute approximate surface area is 120 Å². The lowest BCUT2D eigenvalue weighted by Gasteiger charge is -2.26. The standard InChI is InChI=1S/C11H15ClN2O3S2/c12-10-2-1-9(8-13)7-11(10)19(16,17)14-3-5-18(15)6-4-14/h1-2,7H,3-6,8,13H2. The van der Waals surface area contributed by atoms with E-state index >= 15 is 0 Å². The summed E-state index contributed by atoms with van der Waals surface area (Å²) in [6.45, 7) is 0.778. The number of sulfonamides is 1. The van der Waals surface area contributed by atoms with Crippen LogP contribution >= 0.6 is 11.6 Å². The minimum Gasteiger partial charge on any atom is -0.326 e. The summed E-state index contributed by atoms with van der Waals surface area (Å²) in [5.41, 5.74) is 6.23. The molecular formula is C11H15ClN2O3S2. The van der Waals surface area contributed by atoms with Crippen LogP contribution in [0, 0.1) is 0 Å². The Morgan fingerprint density at radius 3 is 2.53 bits per heavy atom. The van der Waals surface area contributed by atoms with Gasteiger partial charge in [0.1, 0.15) is 4.90 Å². The van der Waals surface area contributed by atoms with Crippen molar-refractivity contribution in [2.45, 2.75) is 11.4 Å². The Balaban J connectivity index is 2.36. The van der Waals surface area contributed by atoms with Gasteiger partial charge in [-0.05, 0) is 17.7 Å². The molecule has 1 saturated heterocycles. The van der Waals surface area contributed by atoms with Crippen molar-refractivity contribution >= 4 is 32.4 Å². The highest BCUT2D eigenvalue weighted by molar-refractivity contribution is 7.89. The molecule has 0 aromatic heterocycles. The van der Waals surface area contributed by atoms with Gasteiger partial charge in [0.25, 0.3) is 0 Å². The molecule has 0 saturated carbocycles. The fraction of sp³-hybridized carbons (Fsp3) is 0.455. The molecule has 0 unspecified atom stereocenters. The van der Waals surface area contributed by atoms with Crippen LogP contribution in [0.4, 0.5) is 0 Å². The third-order valence-corrected chi connectivity index (χ3v) is 6.64. The van der Waals surface area contributed by atoms with Gasteiger partial charge in [-0.3, -0.25) is 4.21 Å². The first kappa shape index (κ1) is 14.9. The van der Waals surface area contributed by atoms with Crippen molar-refractivity contribution in [1.29, 1.82) is 0 Å². The van der Waals surface area contributed by atoms with E-state index in [4.69, 9.17) is 17.3 Å².